The van der Waals surface area contributed by atoms with Crippen LogP contribution in [0.1, 0.15) is 11.3 Å². The second-order valence-electron chi connectivity index (χ2n) is 3.76. The molecule has 1 aromatic carbocycles. The molecule has 4 heteroatoms. The predicted octanol–water partition coefficient (Wildman–Crippen LogP) is 4.13. The monoisotopic (exact) mass is 273 g/mol. The van der Waals surface area contributed by atoms with E-state index in [2.05, 4.69) is 5.16 Å². The van der Waals surface area contributed by atoms with E-state index in [4.69, 9.17) is 9.26 Å². The number of aromatic nitrogens is 1. The number of benzene rings is 1. The summed E-state index contributed by atoms with van der Waals surface area (Å²) in [5.41, 5.74) is 1.12. The summed E-state index contributed by atoms with van der Waals surface area (Å²) in [4.78, 5) is 0. The first-order valence-corrected chi connectivity index (χ1v) is 7.04. The van der Waals surface area contributed by atoms with Gasteiger partial charge in [-0.1, -0.05) is 35.5 Å². The number of hydrogen-bond donors (Lipinski definition) is 0. The van der Waals surface area contributed by atoms with Crippen LogP contribution in [0.3, 0.4) is 0 Å². The number of hydrogen-bond acceptors (Lipinski definition) is 4. The highest BCUT2D eigenvalue weighted by Gasteiger charge is 1.97. The van der Waals surface area contributed by atoms with Gasteiger partial charge < -0.3 is 9.26 Å². The Labute approximate surface area is 117 Å². The Balaban J connectivity index is 1.94. The summed E-state index contributed by atoms with van der Waals surface area (Å²) in [6.45, 7) is 0. The molecule has 0 aliphatic rings. The summed E-state index contributed by atoms with van der Waals surface area (Å²) < 4.78 is 10.2. The third-order valence-electron chi connectivity index (χ3n) is 2.49. The average Bonchev–Trinajstić information content (AvgIpc) is 2.92. The Morgan fingerprint density at radius 2 is 1.89 bits per heavy atom. The Bertz CT molecular complexity index is 570. The van der Waals surface area contributed by atoms with Gasteiger partial charge in [-0.25, -0.2) is 0 Å². The summed E-state index contributed by atoms with van der Waals surface area (Å²) in [6, 6.07) is 9.78. The van der Waals surface area contributed by atoms with E-state index in [-0.39, 0.29) is 0 Å². The number of methoxy groups -OCH3 is 1. The fraction of sp³-hybridized carbons (Fsp3) is 0.133. The van der Waals surface area contributed by atoms with Crippen molar-refractivity contribution in [2.45, 2.75) is 5.03 Å². The second kappa shape index (κ2) is 6.85. The van der Waals surface area contributed by atoms with Crippen molar-refractivity contribution < 1.29 is 9.26 Å². The van der Waals surface area contributed by atoms with E-state index in [1.54, 1.807) is 18.9 Å². The summed E-state index contributed by atoms with van der Waals surface area (Å²) in [6.07, 6.45) is 9.75. The van der Waals surface area contributed by atoms with Gasteiger partial charge in [0.1, 0.15) is 10.8 Å². The molecule has 0 amide bonds. The zero-order chi connectivity index (χ0) is 13.5. The normalized spacial score (nSPS) is 11.5. The largest absolute Gasteiger partial charge is 0.497 e. The smallest absolute Gasteiger partial charge is 0.160 e. The van der Waals surface area contributed by atoms with Gasteiger partial charge >= 0.3 is 0 Å². The zero-order valence-corrected chi connectivity index (χ0v) is 11.7. The minimum absolute atomic E-state index is 0.753. The lowest BCUT2D eigenvalue weighted by atomic mass is 10.2. The first-order chi connectivity index (χ1) is 9.31. The number of rotatable bonds is 5. The van der Waals surface area contributed by atoms with Crippen LogP contribution >= 0.6 is 11.8 Å². The molecule has 0 aliphatic carbocycles. The predicted molar refractivity (Wildman–Crippen MR) is 79.3 cm³/mol. The minimum atomic E-state index is 0.753. The summed E-state index contributed by atoms with van der Waals surface area (Å²) in [5, 5.41) is 4.78. The van der Waals surface area contributed by atoms with Crippen LogP contribution in [0.15, 0.2) is 52.0 Å². The molecule has 0 saturated heterocycles. The fourth-order valence-electron chi connectivity index (χ4n) is 1.48. The van der Waals surface area contributed by atoms with E-state index in [9.17, 15) is 0 Å². The third-order valence-corrected chi connectivity index (χ3v) is 3.10. The highest BCUT2D eigenvalue weighted by molar-refractivity contribution is 7.98. The maximum Gasteiger partial charge on any atom is 0.160 e. The van der Waals surface area contributed by atoms with Crippen LogP contribution < -0.4 is 4.74 Å². The molecule has 2 rings (SSSR count). The van der Waals surface area contributed by atoms with Gasteiger partial charge in [-0.05, 0) is 30.0 Å². The van der Waals surface area contributed by atoms with Crippen LogP contribution in [-0.2, 0) is 0 Å². The number of allylic oxidation sites excluding steroid dienone is 2. The molecule has 0 N–H and O–H groups in total. The van der Waals surface area contributed by atoms with Gasteiger partial charge in [-0.15, -0.1) is 11.8 Å². The molecule has 3 nitrogen and oxygen atoms in total. The van der Waals surface area contributed by atoms with E-state index in [0.717, 1.165) is 22.1 Å². The lowest BCUT2D eigenvalue weighted by molar-refractivity contribution is 0.397. The molecule has 0 saturated carbocycles. The third kappa shape index (κ3) is 4.03. The Hall–Kier alpha value is -1.94. The molecular weight excluding hydrogens is 258 g/mol. The van der Waals surface area contributed by atoms with Gasteiger partial charge in [0, 0.05) is 6.07 Å². The highest BCUT2D eigenvalue weighted by Crippen LogP contribution is 2.15. The first-order valence-electron chi connectivity index (χ1n) is 5.81. The quantitative estimate of drug-likeness (QED) is 0.606. The van der Waals surface area contributed by atoms with Crippen LogP contribution in [0, 0.1) is 0 Å². The molecule has 0 bridgehead atoms. The molecule has 2 aromatic rings. The minimum Gasteiger partial charge on any atom is -0.497 e. The lowest BCUT2D eigenvalue weighted by Gasteiger charge is -1.98. The van der Waals surface area contributed by atoms with Crippen molar-refractivity contribution in [2.24, 2.45) is 0 Å². The van der Waals surface area contributed by atoms with Crippen molar-refractivity contribution in [3.63, 3.8) is 0 Å². The van der Waals surface area contributed by atoms with Gasteiger partial charge in [-0.2, -0.15) is 0 Å². The summed E-state index contributed by atoms with van der Waals surface area (Å²) in [7, 11) is 1.66. The zero-order valence-electron chi connectivity index (χ0n) is 10.9. The molecule has 0 atom stereocenters. The Morgan fingerprint density at radius 1 is 1.16 bits per heavy atom. The standard InChI is InChI=1S/C15H15NO2S/c1-17-13-9-7-12(8-10-13)5-3-4-6-14-11-15(19-2)16-18-14/h3-11H,1-2H3/b5-3+,6-4+. The van der Waals surface area contributed by atoms with E-state index in [1.165, 1.54) is 0 Å². The molecule has 98 valence electrons. The van der Waals surface area contributed by atoms with Crippen LogP contribution in [0.2, 0.25) is 0 Å². The van der Waals surface area contributed by atoms with Crippen molar-refractivity contribution in [2.75, 3.05) is 13.4 Å². The molecule has 19 heavy (non-hydrogen) atoms. The van der Waals surface area contributed by atoms with Crippen molar-refractivity contribution in [1.82, 2.24) is 5.16 Å². The number of nitrogens with zero attached hydrogens (tertiary/aromatic N) is 1. The van der Waals surface area contributed by atoms with Crippen molar-refractivity contribution in [3.05, 3.63) is 53.8 Å². The summed E-state index contributed by atoms with van der Waals surface area (Å²) >= 11 is 1.56. The molecule has 0 fully saturated rings. The molecule has 0 radical (unpaired) electrons. The average molecular weight is 273 g/mol. The number of thioether (sulfide) groups is 1. The Kier molecular flexibility index (Phi) is 4.86. The molecule has 0 unspecified atom stereocenters. The SMILES string of the molecule is COc1ccc(/C=C/C=C/c2cc(SC)no2)cc1. The van der Waals surface area contributed by atoms with Crippen LogP contribution in [0.5, 0.6) is 5.75 Å². The molecule has 0 aliphatic heterocycles. The fourth-order valence-corrected chi connectivity index (χ4v) is 1.82. The number of ether oxygens (including phenoxy) is 1. The highest BCUT2D eigenvalue weighted by atomic mass is 32.2. The van der Waals surface area contributed by atoms with Gasteiger partial charge in [0.05, 0.1) is 7.11 Å². The molecule has 1 heterocycles. The van der Waals surface area contributed by atoms with Gasteiger partial charge in [0.15, 0.2) is 5.76 Å². The topological polar surface area (TPSA) is 35.3 Å². The maximum atomic E-state index is 5.13. The molecular formula is C15H15NO2S. The first kappa shape index (κ1) is 13.5. The van der Waals surface area contributed by atoms with Crippen LogP contribution in [0.25, 0.3) is 12.2 Å². The van der Waals surface area contributed by atoms with Crippen molar-refractivity contribution >= 4 is 23.9 Å². The molecule has 0 spiro atoms. The van der Waals surface area contributed by atoms with E-state index < -0.39 is 0 Å². The maximum absolute atomic E-state index is 5.13. The van der Waals surface area contributed by atoms with E-state index >= 15 is 0 Å². The second-order valence-corrected chi connectivity index (χ2v) is 4.59. The summed E-state index contributed by atoms with van der Waals surface area (Å²) in [5.74, 6) is 1.61. The van der Waals surface area contributed by atoms with Crippen molar-refractivity contribution in [3.8, 4) is 5.75 Å². The van der Waals surface area contributed by atoms with E-state index in [1.807, 2.05) is 60.9 Å². The van der Waals surface area contributed by atoms with Crippen molar-refractivity contribution in [1.29, 1.82) is 0 Å². The van der Waals surface area contributed by atoms with Gasteiger partial charge in [0.2, 0.25) is 0 Å². The van der Waals surface area contributed by atoms with Gasteiger partial charge in [0.25, 0.3) is 0 Å². The van der Waals surface area contributed by atoms with Crippen LogP contribution in [0.4, 0.5) is 0 Å². The van der Waals surface area contributed by atoms with Gasteiger partial charge in [-0.3, -0.25) is 0 Å². The van der Waals surface area contributed by atoms with Crippen LogP contribution in [-0.4, -0.2) is 18.5 Å². The van der Waals surface area contributed by atoms with E-state index in [0.29, 0.717) is 0 Å². The molecule has 1 aromatic heterocycles. The Morgan fingerprint density at radius 3 is 2.53 bits per heavy atom. The lowest BCUT2D eigenvalue weighted by Crippen LogP contribution is -1.81.